The first kappa shape index (κ1) is 16.8. The molecule has 1 heterocycles. The third-order valence-corrected chi connectivity index (χ3v) is 4.32. The number of hydrogen-bond donors (Lipinski definition) is 2. The molecule has 2 N–H and O–H groups in total. The largest absolute Gasteiger partial charge is 0.327 e. The zero-order valence-electron chi connectivity index (χ0n) is 12.4. The number of nitrogens with zero attached hydrogens (tertiary/aromatic N) is 2. The molecule has 0 radical (unpaired) electrons. The number of nitrogens with one attached hydrogen (secondary N) is 2. The molecule has 8 nitrogen and oxygen atoms in total. The molecule has 3 rings (SSSR count). The number of anilines is 1. The van der Waals surface area contributed by atoms with Gasteiger partial charge in [0.05, 0.1) is 15.1 Å². The predicted molar refractivity (Wildman–Crippen MR) is 94.2 cm³/mol. The second kappa shape index (κ2) is 6.83. The molecule has 25 heavy (non-hydrogen) atoms. The van der Waals surface area contributed by atoms with Crippen LogP contribution in [0.5, 0.6) is 0 Å². The van der Waals surface area contributed by atoms with Gasteiger partial charge in [-0.15, -0.1) is 0 Å². The lowest BCUT2D eigenvalue weighted by Crippen LogP contribution is -2.34. The van der Waals surface area contributed by atoms with Gasteiger partial charge >= 0.3 is 6.03 Å². The quantitative estimate of drug-likeness (QED) is 0.532. The Bertz CT molecular complexity index is 987. The summed E-state index contributed by atoms with van der Waals surface area (Å²) in [5.74, 6) is -0.592. The number of nitro groups is 1. The van der Waals surface area contributed by atoms with Crippen LogP contribution in [0.3, 0.4) is 0 Å². The van der Waals surface area contributed by atoms with Crippen molar-refractivity contribution in [2.45, 2.75) is 0 Å². The van der Waals surface area contributed by atoms with Crippen LogP contribution >= 0.6 is 22.9 Å². The van der Waals surface area contributed by atoms with Crippen molar-refractivity contribution in [1.29, 1.82) is 0 Å². The lowest BCUT2D eigenvalue weighted by molar-refractivity contribution is -0.384. The van der Waals surface area contributed by atoms with Gasteiger partial charge in [0.1, 0.15) is 0 Å². The molecule has 0 saturated heterocycles. The molecule has 1 aromatic heterocycles. The van der Waals surface area contributed by atoms with Gasteiger partial charge in [0, 0.05) is 22.7 Å². The predicted octanol–water partition coefficient (Wildman–Crippen LogP) is 3.82. The van der Waals surface area contributed by atoms with E-state index >= 15 is 0 Å². The monoisotopic (exact) mass is 376 g/mol. The van der Waals surface area contributed by atoms with Crippen molar-refractivity contribution >= 4 is 55.9 Å². The van der Waals surface area contributed by atoms with Crippen molar-refractivity contribution in [1.82, 2.24) is 10.3 Å². The van der Waals surface area contributed by atoms with E-state index < -0.39 is 16.9 Å². The van der Waals surface area contributed by atoms with Crippen molar-refractivity contribution in [3.05, 3.63) is 63.2 Å². The van der Waals surface area contributed by atoms with E-state index in [1.165, 1.54) is 42.5 Å². The number of benzene rings is 2. The first-order valence-corrected chi connectivity index (χ1v) is 8.05. The summed E-state index contributed by atoms with van der Waals surface area (Å²) in [5, 5.41) is 16.1. The first-order valence-electron chi connectivity index (χ1n) is 6.85. The van der Waals surface area contributed by atoms with Crippen LogP contribution in [0.1, 0.15) is 10.4 Å². The van der Waals surface area contributed by atoms with Crippen molar-refractivity contribution < 1.29 is 14.5 Å². The first-order chi connectivity index (χ1) is 11.9. The van der Waals surface area contributed by atoms with Gasteiger partial charge in [-0.25, -0.2) is 9.78 Å². The van der Waals surface area contributed by atoms with E-state index in [1.54, 1.807) is 0 Å². The molecule has 10 heteroatoms. The van der Waals surface area contributed by atoms with E-state index in [1.807, 2.05) is 0 Å². The molecule has 126 valence electrons. The van der Waals surface area contributed by atoms with Crippen LogP contribution in [-0.2, 0) is 0 Å². The van der Waals surface area contributed by atoms with E-state index in [0.717, 1.165) is 11.3 Å². The fourth-order valence-corrected chi connectivity index (χ4v) is 3.01. The Labute approximate surface area is 149 Å². The van der Waals surface area contributed by atoms with Gasteiger partial charge in [-0.05, 0) is 30.3 Å². The molecule has 3 aromatic rings. The van der Waals surface area contributed by atoms with Crippen LogP contribution in [0.15, 0.2) is 42.5 Å². The molecule has 2 aromatic carbocycles. The SMILES string of the molecule is O=C(NC(=O)c1ccc(Cl)cc1)Nc1nc2ccc([N+](=O)[O-])cc2s1. The van der Waals surface area contributed by atoms with Crippen LogP contribution in [0.25, 0.3) is 10.2 Å². The van der Waals surface area contributed by atoms with Gasteiger partial charge in [-0.2, -0.15) is 0 Å². The minimum atomic E-state index is -0.756. The lowest BCUT2D eigenvalue weighted by atomic mass is 10.2. The van der Waals surface area contributed by atoms with E-state index in [4.69, 9.17) is 11.6 Å². The molecular weight excluding hydrogens is 368 g/mol. The van der Waals surface area contributed by atoms with Gasteiger partial charge in [-0.1, -0.05) is 22.9 Å². The number of rotatable bonds is 3. The van der Waals surface area contributed by atoms with E-state index in [-0.39, 0.29) is 16.4 Å². The average Bonchev–Trinajstić information content (AvgIpc) is 2.96. The smallest absolute Gasteiger partial charge is 0.283 e. The van der Waals surface area contributed by atoms with E-state index in [2.05, 4.69) is 15.6 Å². The number of nitro benzene ring substituents is 1. The Morgan fingerprint density at radius 1 is 1.16 bits per heavy atom. The van der Waals surface area contributed by atoms with Crippen LogP contribution < -0.4 is 10.6 Å². The van der Waals surface area contributed by atoms with Gasteiger partial charge in [0.25, 0.3) is 11.6 Å². The Balaban J connectivity index is 1.70. The van der Waals surface area contributed by atoms with Crippen molar-refractivity contribution in [2.24, 2.45) is 0 Å². The highest BCUT2D eigenvalue weighted by Gasteiger charge is 2.14. The van der Waals surface area contributed by atoms with Gasteiger partial charge < -0.3 is 0 Å². The van der Waals surface area contributed by atoms with Gasteiger partial charge in [0.15, 0.2) is 5.13 Å². The van der Waals surface area contributed by atoms with E-state index in [9.17, 15) is 19.7 Å². The topological polar surface area (TPSA) is 114 Å². The van der Waals surface area contributed by atoms with Gasteiger partial charge in [-0.3, -0.25) is 25.5 Å². The molecule has 3 amide bonds. The molecule has 0 saturated carbocycles. The molecule has 0 atom stereocenters. The molecule has 0 fully saturated rings. The summed E-state index contributed by atoms with van der Waals surface area (Å²) >= 11 is 6.80. The molecule has 0 aliphatic heterocycles. The number of fused-ring (bicyclic) bond motifs is 1. The number of thiazole rings is 1. The van der Waals surface area contributed by atoms with Crippen molar-refractivity contribution in [3.63, 3.8) is 0 Å². The van der Waals surface area contributed by atoms with Crippen LogP contribution in [0.4, 0.5) is 15.6 Å². The Morgan fingerprint density at radius 3 is 2.56 bits per heavy atom. The highest BCUT2D eigenvalue weighted by molar-refractivity contribution is 7.22. The number of non-ortho nitro benzene ring substituents is 1. The summed E-state index contributed by atoms with van der Waals surface area (Å²) in [6, 6.07) is 9.48. The molecule has 0 aliphatic rings. The third kappa shape index (κ3) is 3.90. The number of hydrogen-bond acceptors (Lipinski definition) is 6. The summed E-state index contributed by atoms with van der Waals surface area (Å²) in [4.78, 5) is 38.2. The zero-order chi connectivity index (χ0) is 18.0. The van der Waals surface area contributed by atoms with Crippen LogP contribution in [0.2, 0.25) is 5.02 Å². The molecule has 0 unspecified atom stereocenters. The maximum absolute atomic E-state index is 11.9. The summed E-state index contributed by atoms with van der Waals surface area (Å²) in [6.45, 7) is 0. The third-order valence-electron chi connectivity index (χ3n) is 3.14. The number of aromatic nitrogens is 1. The minimum absolute atomic E-state index is 0.0648. The average molecular weight is 377 g/mol. The minimum Gasteiger partial charge on any atom is -0.283 e. The zero-order valence-corrected chi connectivity index (χ0v) is 13.9. The van der Waals surface area contributed by atoms with E-state index in [0.29, 0.717) is 15.2 Å². The number of carbonyl (C=O) groups excluding carboxylic acids is 2. The summed E-state index contributed by atoms with van der Waals surface area (Å²) < 4.78 is 0.550. The Kier molecular flexibility index (Phi) is 4.59. The van der Waals surface area contributed by atoms with Gasteiger partial charge in [0.2, 0.25) is 0 Å². The standard InChI is InChI=1S/C15H9ClN4O4S/c16-9-3-1-8(2-4-9)13(21)18-14(22)19-15-17-11-6-5-10(20(23)24)7-12(11)25-15/h1-7H,(H2,17,18,19,21,22). The molecule has 0 bridgehead atoms. The number of halogens is 1. The Morgan fingerprint density at radius 2 is 1.88 bits per heavy atom. The number of amides is 3. The number of imide groups is 1. The second-order valence-corrected chi connectivity index (χ2v) is 6.31. The Hall–Kier alpha value is -3.04. The molecule has 0 aliphatic carbocycles. The maximum Gasteiger partial charge on any atom is 0.327 e. The highest BCUT2D eigenvalue weighted by Crippen LogP contribution is 2.29. The lowest BCUT2D eigenvalue weighted by Gasteiger charge is -2.04. The van der Waals surface area contributed by atoms with Crippen LogP contribution in [-0.4, -0.2) is 21.8 Å². The van der Waals surface area contributed by atoms with Crippen LogP contribution in [0, 0.1) is 10.1 Å². The number of urea groups is 1. The van der Waals surface area contributed by atoms with Crippen molar-refractivity contribution in [2.75, 3.05) is 5.32 Å². The maximum atomic E-state index is 11.9. The fraction of sp³-hybridized carbons (Fsp3) is 0. The normalized spacial score (nSPS) is 10.4. The fourth-order valence-electron chi connectivity index (χ4n) is 1.99. The second-order valence-electron chi connectivity index (χ2n) is 4.84. The summed E-state index contributed by atoms with van der Waals surface area (Å²) in [6.07, 6.45) is 0. The summed E-state index contributed by atoms with van der Waals surface area (Å²) in [5.41, 5.74) is 0.722. The molecule has 0 spiro atoms. The van der Waals surface area contributed by atoms with Crippen molar-refractivity contribution in [3.8, 4) is 0 Å². The summed E-state index contributed by atoms with van der Waals surface area (Å²) in [7, 11) is 0. The highest BCUT2D eigenvalue weighted by atomic mass is 35.5. The molecular formula is C15H9ClN4O4S. The number of carbonyl (C=O) groups is 2.